The van der Waals surface area contributed by atoms with E-state index in [0.717, 1.165) is 68.7 Å². The Morgan fingerprint density at radius 1 is 1.15 bits per heavy atom. The summed E-state index contributed by atoms with van der Waals surface area (Å²) < 4.78 is 13.5. The topological polar surface area (TPSA) is 98.7 Å². The van der Waals surface area contributed by atoms with Crippen LogP contribution in [0.4, 0.5) is 0 Å². The summed E-state index contributed by atoms with van der Waals surface area (Å²) in [6.07, 6.45) is 4.73. The minimum absolute atomic E-state index is 0.222. The number of quaternary nitrogens is 1. The molecular formula is C31H45N6O2+. The highest BCUT2D eigenvalue weighted by atomic mass is 16.6. The maximum atomic E-state index is 6.81. The lowest BCUT2D eigenvalue weighted by Crippen LogP contribution is -2.65. The van der Waals surface area contributed by atoms with E-state index in [4.69, 9.17) is 25.9 Å². The number of unbranched alkanes of at least 4 members (excludes halogenated alkanes) is 1. The van der Waals surface area contributed by atoms with Crippen LogP contribution in [0, 0.1) is 0 Å². The largest absolute Gasteiger partial charge is 0.471 e. The zero-order chi connectivity index (χ0) is 27.5. The van der Waals surface area contributed by atoms with Crippen molar-refractivity contribution < 1.29 is 14.0 Å². The minimum atomic E-state index is -1.08. The van der Waals surface area contributed by atoms with Crippen molar-refractivity contribution in [1.29, 1.82) is 0 Å². The van der Waals surface area contributed by atoms with Gasteiger partial charge in [-0.1, -0.05) is 55.8 Å². The quantitative estimate of drug-likeness (QED) is 0.344. The number of aryl methyl sites for hydroxylation is 2. The van der Waals surface area contributed by atoms with Crippen LogP contribution in [0.2, 0.25) is 0 Å². The number of rotatable bonds is 10. The number of fused-ring (bicyclic) bond motifs is 2. The van der Waals surface area contributed by atoms with Gasteiger partial charge in [0.15, 0.2) is 0 Å². The molecule has 2 aliphatic heterocycles. The monoisotopic (exact) mass is 533 g/mol. The van der Waals surface area contributed by atoms with Crippen molar-refractivity contribution in [3.63, 3.8) is 0 Å². The van der Waals surface area contributed by atoms with Crippen LogP contribution in [0.25, 0.3) is 10.8 Å². The van der Waals surface area contributed by atoms with Gasteiger partial charge in [0.05, 0.1) is 20.3 Å². The molecule has 2 aliphatic rings. The average Bonchev–Trinajstić information content (AvgIpc) is 3.06. The van der Waals surface area contributed by atoms with Gasteiger partial charge < -0.3 is 19.7 Å². The van der Waals surface area contributed by atoms with Crippen LogP contribution < -0.4 is 21.5 Å². The first-order chi connectivity index (χ1) is 18.8. The molecule has 5 N–H and O–H groups in total. The van der Waals surface area contributed by atoms with E-state index in [1.807, 2.05) is 6.07 Å². The summed E-state index contributed by atoms with van der Waals surface area (Å²) in [4.78, 5) is 7.05. The molecule has 3 atom stereocenters. The van der Waals surface area contributed by atoms with Crippen molar-refractivity contribution in [2.75, 3.05) is 40.3 Å². The van der Waals surface area contributed by atoms with Gasteiger partial charge in [-0.05, 0) is 54.3 Å². The number of aromatic nitrogens is 1. The summed E-state index contributed by atoms with van der Waals surface area (Å²) in [6, 6.07) is 19.1. The second-order valence-electron chi connectivity index (χ2n) is 11.8. The summed E-state index contributed by atoms with van der Waals surface area (Å²) in [6.45, 7) is 5.84. The van der Waals surface area contributed by atoms with Gasteiger partial charge in [0, 0.05) is 24.2 Å². The fourth-order valence-corrected chi connectivity index (χ4v) is 5.75. The second-order valence-corrected chi connectivity index (χ2v) is 11.8. The Kier molecular flexibility index (Phi) is 8.52. The lowest BCUT2D eigenvalue weighted by atomic mass is 10.0. The van der Waals surface area contributed by atoms with Crippen LogP contribution in [0.15, 0.2) is 54.6 Å². The molecule has 2 aromatic carbocycles. The summed E-state index contributed by atoms with van der Waals surface area (Å²) >= 11 is 0. The molecule has 1 saturated heterocycles. The zero-order valence-electron chi connectivity index (χ0n) is 23.7. The van der Waals surface area contributed by atoms with Crippen molar-refractivity contribution in [3.8, 4) is 5.88 Å². The molecule has 39 heavy (non-hydrogen) atoms. The van der Waals surface area contributed by atoms with E-state index in [1.165, 1.54) is 16.5 Å². The maximum Gasteiger partial charge on any atom is 0.237 e. The first-order valence-electron chi connectivity index (χ1n) is 14.4. The first kappa shape index (κ1) is 28.0. The Bertz CT molecular complexity index is 1270. The smallest absolute Gasteiger partial charge is 0.237 e. The number of benzene rings is 2. The van der Waals surface area contributed by atoms with Gasteiger partial charge in [0.1, 0.15) is 25.8 Å². The van der Waals surface area contributed by atoms with E-state index in [1.54, 1.807) is 0 Å². The molecule has 8 heteroatoms. The predicted octanol–water partition coefficient (Wildman–Crippen LogP) is 3.32. The van der Waals surface area contributed by atoms with Crippen LogP contribution in [0.5, 0.6) is 5.88 Å². The third-order valence-electron chi connectivity index (χ3n) is 8.08. The molecule has 1 aromatic heterocycles. The predicted molar refractivity (Wildman–Crippen MR) is 156 cm³/mol. The van der Waals surface area contributed by atoms with Crippen molar-refractivity contribution >= 4 is 10.8 Å². The number of pyridine rings is 1. The number of hydrogen-bond acceptors (Lipinski definition) is 7. The Balaban J connectivity index is 1.20. The summed E-state index contributed by atoms with van der Waals surface area (Å²) in [5, 5.41) is 5.60. The number of nitrogens with one attached hydrogen (secondary N) is 1. The van der Waals surface area contributed by atoms with Crippen LogP contribution in [0.3, 0.4) is 0 Å². The Hall–Kier alpha value is -2.59. The molecule has 8 nitrogen and oxygen atoms in total. The Morgan fingerprint density at radius 3 is 2.74 bits per heavy atom. The summed E-state index contributed by atoms with van der Waals surface area (Å²) in [5.74, 6) is -0.364. The fourth-order valence-electron chi connectivity index (χ4n) is 5.75. The van der Waals surface area contributed by atoms with Crippen LogP contribution in [0.1, 0.15) is 43.0 Å². The van der Waals surface area contributed by atoms with Crippen molar-refractivity contribution in [2.45, 2.75) is 63.8 Å². The van der Waals surface area contributed by atoms with Gasteiger partial charge >= 0.3 is 0 Å². The van der Waals surface area contributed by atoms with Crippen molar-refractivity contribution in [1.82, 2.24) is 15.2 Å². The summed E-state index contributed by atoms with van der Waals surface area (Å²) in [5.41, 5.74) is 17.1. The standard InChI is InChI=1S/C31H45N6O2/c1-4-5-15-26-20-24-12-8-9-16-27(24)30(34-26)38-19-18-37(2,3)22-28-29(32)35-31(33,39-28)36-17-10-14-23-11-6-7-13-25(23)21-36/h6-9,11-13,16,20,28-29,35H,4-5,10,14-15,17-19,21-22,32-33H2,1-3H3/q+1. The number of nitrogens with zero attached hydrogens (tertiary/aromatic N) is 3. The van der Waals surface area contributed by atoms with Gasteiger partial charge in [-0.15, -0.1) is 0 Å². The van der Waals surface area contributed by atoms with Crippen LogP contribution in [-0.4, -0.2) is 72.9 Å². The fraction of sp³-hybridized carbons (Fsp3) is 0.516. The zero-order valence-corrected chi connectivity index (χ0v) is 23.7. The van der Waals surface area contributed by atoms with E-state index in [0.29, 0.717) is 17.6 Å². The summed E-state index contributed by atoms with van der Waals surface area (Å²) in [7, 11) is 4.36. The highest BCUT2D eigenvalue weighted by molar-refractivity contribution is 5.87. The number of hydrogen-bond donors (Lipinski definition) is 3. The van der Waals surface area contributed by atoms with E-state index in [-0.39, 0.29) is 12.3 Å². The molecule has 0 spiro atoms. The van der Waals surface area contributed by atoms with E-state index in [2.05, 4.69) is 79.8 Å². The highest BCUT2D eigenvalue weighted by Gasteiger charge is 2.48. The van der Waals surface area contributed by atoms with E-state index < -0.39 is 5.97 Å². The van der Waals surface area contributed by atoms with E-state index >= 15 is 0 Å². The van der Waals surface area contributed by atoms with E-state index in [9.17, 15) is 0 Å². The normalized spacial score (nSPS) is 24.0. The minimum Gasteiger partial charge on any atom is -0.471 e. The SMILES string of the molecule is CCCCc1cc2ccccc2c(OCC[N+](C)(C)CC2OC(N)(N3CCCc4ccccc4C3)NC2N)n1. The lowest BCUT2D eigenvalue weighted by molar-refractivity contribution is -0.893. The molecule has 3 unspecified atom stereocenters. The number of likely N-dealkylation sites (N-methyl/N-ethyl adjacent to an activating group) is 1. The van der Waals surface area contributed by atoms with Crippen LogP contribution in [-0.2, 0) is 24.1 Å². The van der Waals surface area contributed by atoms with Gasteiger partial charge in [0.2, 0.25) is 11.9 Å². The maximum absolute atomic E-state index is 6.81. The molecule has 0 bridgehead atoms. The van der Waals surface area contributed by atoms with Gasteiger partial charge in [-0.2, -0.15) is 0 Å². The van der Waals surface area contributed by atoms with Gasteiger partial charge in [-0.25, -0.2) is 15.2 Å². The molecule has 3 aromatic rings. The average molecular weight is 534 g/mol. The third-order valence-corrected chi connectivity index (χ3v) is 8.08. The van der Waals surface area contributed by atoms with Crippen molar-refractivity contribution in [3.05, 3.63) is 71.4 Å². The highest BCUT2D eigenvalue weighted by Crippen LogP contribution is 2.28. The third kappa shape index (κ3) is 6.60. The van der Waals surface area contributed by atoms with Gasteiger partial charge in [-0.3, -0.25) is 5.73 Å². The second kappa shape index (κ2) is 11.9. The molecule has 0 amide bonds. The van der Waals surface area contributed by atoms with Crippen LogP contribution >= 0.6 is 0 Å². The number of ether oxygens (including phenoxy) is 2. The molecule has 0 saturated carbocycles. The molecule has 3 heterocycles. The molecule has 5 rings (SSSR count). The lowest BCUT2D eigenvalue weighted by Gasteiger charge is -2.37. The number of nitrogens with two attached hydrogens (primary N) is 2. The van der Waals surface area contributed by atoms with Gasteiger partial charge in [0.25, 0.3) is 0 Å². The molecule has 0 radical (unpaired) electrons. The van der Waals surface area contributed by atoms with Crippen molar-refractivity contribution in [2.24, 2.45) is 11.5 Å². The molecule has 210 valence electrons. The molecular weight excluding hydrogens is 488 g/mol. The Labute approximate surface area is 232 Å². The molecule has 1 fully saturated rings. The Morgan fingerprint density at radius 2 is 1.92 bits per heavy atom. The molecule has 0 aliphatic carbocycles. The first-order valence-corrected chi connectivity index (χ1v) is 14.4.